The van der Waals surface area contributed by atoms with Crippen LogP contribution in [0.5, 0.6) is 0 Å². The molecule has 0 aromatic carbocycles. The number of aromatic nitrogens is 2. The predicted molar refractivity (Wildman–Crippen MR) is 94.7 cm³/mol. The highest BCUT2D eigenvalue weighted by atomic mass is 32.1. The maximum absolute atomic E-state index is 12.5. The van der Waals surface area contributed by atoms with Crippen molar-refractivity contribution in [2.75, 3.05) is 13.2 Å². The quantitative estimate of drug-likeness (QED) is 0.751. The number of amides is 1. The Morgan fingerprint density at radius 1 is 1.44 bits per heavy atom. The number of rotatable bonds is 4. The number of carbonyl (C=O) groups is 1. The molecule has 0 radical (unpaired) electrons. The number of H-pyrrole nitrogens is 1. The molecule has 0 spiro atoms. The summed E-state index contributed by atoms with van der Waals surface area (Å²) < 4.78 is 11.5. The van der Waals surface area contributed by atoms with E-state index in [4.69, 9.17) is 9.15 Å². The molecule has 0 saturated carbocycles. The van der Waals surface area contributed by atoms with Gasteiger partial charge in [-0.05, 0) is 43.0 Å². The molecule has 0 aliphatic carbocycles. The number of hydrogen-bond acceptors (Lipinski definition) is 5. The summed E-state index contributed by atoms with van der Waals surface area (Å²) in [5.74, 6) is 1.23. The number of thiophene rings is 1. The lowest BCUT2D eigenvalue weighted by molar-refractivity contribution is -0.0426. The molecule has 1 aliphatic heterocycles. The largest absolute Gasteiger partial charge is 0.460 e. The fourth-order valence-electron chi connectivity index (χ4n) is 3.08. The third-order valence-corrected chi connectivity index (χ3v) is 5.45. The molecule has 2 N–H and O–H groups in total. The van der Waals surface area contributed by atoms with Gasteiger partial charge < -0.3 is 14.5 Å². The summed E-state index contributed by atoms with van der Waals surface area (Å²) in [6.07, 6.45) is 0.932. The fourth-order valence-corrected chi connectivity index (χ4v) is 4.06. The van der Waals surface area contributed by atoms with E-state index < -0.39 is 5.60 Å². The molecule has 0 bridgehead atoms. The first-order chi connectivity index (χ1) is 12.0. The highest BCUT2D eigenvalue weighted by Crippen LogP contribution is 2.35. The Morgan fingerprint density at radius 3 is 3.12 bits per heavy atom. The van der Waals surface area contributed by atoms with Crippen LogP contribution in [0, 0.1) is 6.92 Å². The molecule has 1 amide bonds. The van der Waals surface area contributed by atoms with Gasteiger partial charge in [0.25, 0.3) is 5.91 Å². The van der Waals surface area contributed by atoms with E-state index >= 15 is 0 Å². The number of aromatic amines is 1. The SMILES string of the molecule is Cc1ccc(-c2cc(C(=O)NCC3(C)OCCc4sccc43)n[nH]2)o1. The third-order valence-electron chi connectivity index (χ3n) is 4.47. The summed E-state index contributed by atoms with van der Waals surface area (Å²) in [7, 11) is 0. The van der Waals surface area contributed by atoms with Gasteiger partial charge in [-0.1, -0.05) is 0 Å². The van der Waals surface area contributed by atoms with E-state index in [2.05, 4.69) is 27.0 Å². The van der Waals surface area contributed by atoms with Crippen LogP contribution in [0.25, 0.3) is 11.5 Å². The van der Waals surface area contributed by atoms with E-state index in [1.165, 1.54) is 4.88 Å². The molecule has 1 unspecified atom stereocenters. The van der Waals surface area contributed by atoms with Gasteiger partial charge in [-0.25, -0.2) is 0 Å². The van der Waals surface area contributed by atoms with Crippen LogP contribution in [0.2, 0.25) is 0 Å². The second-order valence-corrected chi connectivity index (χ2v) is 7.35. The number of nitrogens with zero attached hydrogens (tertiary/aromatic N) is 1. The number of nitrogens with one attached hydrogen (secondary N) is 2. The van der Waals surface area contributed by atoms with E-state index in [0.29, 0.717) is 30.3 Å². The first-order valence-corrected chi connectivity index (χ1v) is 9.04. The number of carbonyl (C=O) groups excluding carboxylic acids is 1. The Labute approximate surface area is 149 Å². The zero-order chi connectivity index (χ0) is 17.4. The van der Waals surface area contributed by atoms with Crippen LogP contribution in [0.1, 0.15) is 33.6 Å². The summed E-state index contributed by atoms with van der Waals surface area (Å²) in [6.45, 7) is 4.96. The normalized spacial score (nSPS) is 19.6. The summed E-state index contributed by atoms with van der Waals surface area (Å²) in [5, 5.41) is 11.9. The summed E-state index contributed by atoms with van der Waals surface area (Å²) in [4.78, 5) is 13.8. The van der Waals surface area contributed by atoms with Gasteiger partial charge in [0.15, 0.2) is 11.5 Å². The number of aryl methyl sites for hydroxylation is 1. The molecule has 1 atom stereocenters. The van der Waals surface area contributed by atoms with Crippen molar-refractivity contribution in [2.24, 2.45) is 0 Å². The molecule has 1 aliphatic rings. The zero-order valence-corrected chi connectivity index (χ0v) is 14.9. The molecule has 25 heavy (non-hydrogen) atoms. The van der Waals surface area contributed by atoms with Gasteiger partial charge in [0.05, 0.1) is 13.2 Å². The van der Waals surface area contributed by atoms with E-state index in [-0.39, 0.29) is 5.91 Å². The fraction of sp³-hybridized carbons (Fsp3) is 0.333. The average molecular weight is 357 g/mol. The Balaban J connectivity index is 1.46. The van der Waals surface area contributed by atoms with Crippen LogP contribution in [-0.4, -0.2) is 29.3 Å². The van der Waals surface area contributed by atoms with E-state index in [1.54, 1.807) is 17.4 Å². The average Bonchev–Trinajstić information content (AvgIpc) is 3.32. The number of furan rings is 1. The minimum Gasteiger partial charge on any atom is -0.460 e. The molecule has 7 heteroatoms. The standard InChI is InChI=1S/C18H19N3O3S/c1-11-3-4-15(24-11)13-9-14(21-20-13)17(22)19-10-18(2)12-6-8-25-16(12)5-7-23-18/h3-4,6,8-9H,5,7,10H2,1-2H3,(H,19,22)(H,20,21). The van der Waals surface area contributed by atoms with Crippen LogP contribution in [-0.2, 0) is 16.8 Å². The van der Waals surface area contributed by atoms with Crippen LogP contribution in [0.15, 0.2) is 34.1 Å². The van der Waals surface area contributed by atoms with Crippen LogP contribution >= 0.6 is 11.3 Å². The lowest BCUT2D eigenvalue weighted by atomic mass is 9.93. The van der Waals surface area contributed by atoms with Crippen molar-refractivity contribution in [3.63, 3.8) is 0 Å². The van der Waals surface area contributed by atoms with Gasteiger partial charge in [-0.2, -0.15) is 5.10 Å². The maximum Gasteiger partial charge on any atom is 0.271 e. The first-order valence-electron chi connectivity index (χ1n) is 8.16. The Morgan fingerprint density at radius 2 is 2.32 bits per heavy atom. The van der Waals surface area contributed by atoms with Gasteiger partial charge in [-0.15, -0.1) is 11.3 Å². The van der Waals surface area contributed by atoms with E-state index in [1.807, 2.05) is 26.0 Å². The van der Waals surface area contributed by atoms with Crippen molar-refractivity contribution < 1.29 is 13.9 Å². The molecular formula is C18H19N3O3S. The van der Waals surface area contributed by atoms with Crippen LogP contribution < -0.4 is 5.32 Å². The van der Waals surface area contributed by atoms with Crippen molar-refractivity contribution >= 4 is 17.2 Å². The van der Waals surface area contributed by atoms with Crippen molar-refractivity contribution in [1.29, 1.82) is 0 Å². The molecule has 0 fully saturated rings. The highest BCUT2D eigenvalue weighted by Gasteiger charge is 2.34. The van der Waals surface area contributed by atoms with Crippen molar-refractivity contribution in [3.05, 3.63) is 51.5 Å². The second kappa shape index (κ2) is 6.16. The summed E-state index contributed by atoms with van der Waals surface area (Å²) >= 11 is 1.74. The predicted octanol–water partition coefficient (Wildman–Crippen LogP) is 3.26. The zero-order valence-electron chi connectivity index (χ0n) is 14.1. The molecule has 4 heterocycles. The monoisotopic (exact) mass is 357 g/mol. The summed E-state index contributed by atoms with van der Waals surface area (Å²) in [6, 6.07) is 7.49. The number of ether oxygens (including phenoxy) is 1. The van der Waals surface area contributed by atoms with E-state index in [9.17, 15) is 4.79 Å². The van der Waals surface area contributed by atoms with Crippen LogP contribution in [0.3, 0.4) is 0 Å². The lowest BCUT2D eigenvalue weighted by Crippen LogP contribution is -2.43. The van der Waals surface area contributed by atoms with Gasteiger partial charge >= 0.3 is 0 Å². The number of hydrogen-bond donors (Lipinski definition) is 2. The molecule has 4 rings (SSSR count). The second-order valence-electron chi connectivity index (χ2n) is 6.35. The lowest BCUT2D eigenvalue weighted by Gasteiger charge is -2.34. The highest BCUT2D eigenvalue weighted by molar-refractivity contribution is 7.10. The minimum absolute atomic E-state index is 0.238. The summed E-state index contributed by atoms with van der Waals surface area (Å²) in [5.41, 5.74) is 1.67. The maximum atomic E-state index is 12.5. The molecule has 3 aromatic heterocycles. The Hall–Kier alpha value is -2.38. The van der Waals surface area contributed by atoms with Crippen molar-refractivity contribution in [2.45, 2.75) is 25.9 Å². The van der Waals surface area contributed by atoms with Crippen molar-refractivity contribution in [1.82, 2.24) is 15.5 Å². The molecule has 3 aromatic rings. The molecular weight excluding hydrogens is 338 g/mol. The molecule has 6 nitrogen and oxygen atoms in total. The van der Waals surface area contributed by atoms with Gasteiger partial charge in [-0.3, -0.25) is 9.89 Å². The van der Waals surface area contributed by atoms with E-state index in [0.717, 1.165) is 17.7 Å². The topological polar surface area (TPSA) is 80.1 Å². The first kappa shape index (κ1) is 16.1. The van der Waals surface area contributed by atoms with Gasteiger partial charge in [0, 0.05) is 17.4 Å². The molecule has 130 valence electrons. The number of fused-ring (bicyclic) bond motifs is 1. The Bertz CT molecular complexity index is 910. The van der Waals surface area contributed by atoms with Gasteiger partial charge in [0.2, 0.25) is 0 Å². The third kappa shape index (κ3) is 3.01. The Kier molecular flexibility index (Phi) is 3.97. The minimum atomic E-state index is -0.500. The van der Waals surface area contributed by atoms with Crippen molar-refractivity contribution in [3.8, 4) is 11.5 Å². The molecule has 0 saturated heterocycles. The smallest absolute Gasteiger partial charge is 0.271 e. The van der Waals surface area contributed by atoms with Crippen LogP contribution in [0.4, 0.5) is 0 Å². The van der Waals surface area contributed by atoms with Gasteiger partial charge in [0.1, 0.15) is 17.1 Å².